The van der Waals surface area contributed by atoms with Gasteiger partial charge in [0.25, 0.3) is 0 Å². The van der Waals surface area contributed by atoms with Crippen molar-refractivity contribution in [1.82, 2.24) is 4.90 Å². The molecule has 1 saturated carbocycles. The highest BCUT2D eigenvalue weighted by Gasteiger charge is 2.41. The fourth-order valence-corrected chi connectivity index (χ4v) is 5.04. The van der Waals surface area contributed by atoms with Crippen molar-refractivity contribution in [3.63, 3.8) is 0 Å². The van der Waals surface area contributed by atoms with Crippen LogP contribution < -0.4 is 10.1 Å². The van der Waals surface area contributed by atoms with Gasteiger partial charge in [-0.05, 0) is 81.9 Å². The highest BCUT2D eigenvalue weighted by molar-refractivity contribution is 5.99. The molecule has 0 spiro atoms. The minimum absolute atomic E-state index is 0.121. The van der Waals surface area contributed by atoms with Gasteiger partial charge in [0.05, 0.1) is 12.0 Å². The number of carbonyl (C=O) groups excluding carboxylic acids is 1. The number of amides is 1. The minimum Gasteiger partial charge on any atom is -0.494 e. The molecule has 1 aliphatic carbocycles. The van der Waals surface area contributed by atoms with E-state index in [2.05, 4.69) is 41.4 Å². The minimum atomic E-state index is -0.420. The van der Waals surface area contributed by atoms with Crippen LogP contribution in [0.5, 0.6) is 5.75 Å². The number of nitrogens with one attached hydrogen (secondary N) is 1. The Labute approximate surface area is 187 Å². The second kappa shape index (κ2) is 10.3. The lowest BCUT2D eigenvalue weighted by atomic mass is 9.68. The molecule has 2 fully saturated rings. The quantitative estimate of drug-likeness (QED) is 0.557. The molecule has 2 aromatic rings. The molecule has 0 atom stereocenters. The summed E-state index contributed by atoms with van der Waals surface area (Å²) in [5.41, 5.74) is 2.79. The van der Waals surface area contributed by atoms with E-state index in [0.29, 0.717) is 0 Å². The summed E-state index contributed by atoms with van der Waals surface area (Å²) in [5, 5.41) is 3.20. The van der Waals surface area contributed by atoms with Crippen LogP contribution in [-0.2, 0) is 10.2 Å². The van der Waals surface area contributed by atoms with Crippen molar-refractivity contribution in [3.05, 3.63) is 59.7 Å². The number of rotatable bonds is 8. The van der Waals surface area contributed by atoms with Crippen LogP contribution in [0.1, 0.15) is 62.5 Å². The van der Waals surface area contributed by atoms with E-state index in [-0.39, 0.29) is 5.91 Å². The summed E-state index contributed by atoms with van der Waals surface area (Å²) in [7, 11) is 0. The normalized spacial score (nSPS) is 18.6. The molecule has 1 heterocycles. The van der Waals surface area contributed by atoms with Gasteiger partial charge in [0.1, 0.15) is 5.75 Å². The number of carbonyl (C=O) groups is 1. The number of anilines is 1. The molecule has 1 N–H and O–H groups in total. The zero-order valence-corrected chi connectivity index (χ0v) is 18.9. The Morgan fingerprint density at radius 3 is 2.29 bits per heavy atom. The molecule has 4 heteroatoms. The van der Waals surface area contributed by atoms with Gasteiger partial charge in [-0.25, -0.2) is 0 Å². The molecule has 166 valence electrons. The van der Waals surface area contributed by atoms with E-state index in [0.717, 1.165) is 62.3 Å². The highest BCUT2D eigenvalue weighted by Crippen LogP contribution is 2.40. The summed E-state index contributed by atoms with van der Waals surface area (Å²) in [5.74, 6) is 0.987. The number of benzene rings is 2. The molecule has 0 aromatic heterocycles. The van der Waals surface area contributed by atoms with Crippen LogP contribution in [0.25, 0.3) is 0 Å². The largest absolute Gasteiger partial charge is 0.494 e. The molecule has 0 unspecified atom stereocenters. The third kappa shape index (κ3) is 5.48. The van der Waals surface area contributed by atoms with Crippen LogP contribution in [0, 0.1) is 6.92 Å². The Bertz CT molecular complexity index is 833. The van der Waals surface area contributed by atoms with Crippen LogP contribution in [0.2, 0.25) is 0 Å². The van der Waals surface area contributed by atoms with Crippen molar-refractivity contribution in [1.29, 1.82) is 0 Å². The van der Waals surface area contributed by atoms with Gasteiger partial charge in [-0.3, -0.25) is 4.79 Å². The van der Waals surface area contributed by atoms with Gasteiger partial charge in [0.15, 0.2) is 0 Å². The van der Waals surface area contributed by atoms with Crippen LogP contribution in [0.15, 0.2) is 48.5 Å². The number of likely N-dealkylation sites (tertiary alicyclic amines) is 1. The average molecular weight is 421 g/mol. The second-order valence-corrected chi connectivity index (χ2v) is 9.24. The molecule has 1 saturated heterocycles. The topological polar surface area (TPSA) is 41.6 Å². The van der Waals surface area contributed by atoms with E-state index in [1.54, 1.807) is 0 Å². The van der Waals surface area contributed by atoms with Crippen molar-refractivity contribution >= 4 is 11.6 Å². The molecule has 0 radical (unpaired) electrons. The van der Waals surface area contributed by atoms with Crippen LogP contribution >= 0.6 is 0 Å². The smallest absolute Gasteiger partial charge is 0.235 e. The maximum absolute atomic E-state index is 13.4. The van der Waals surface area contributed by atoms with Gasteiger partial charge in [-0.2, -0.15) is 0 Å². The summed E-state index contributed by atoms with van der Waals surface area (Å²) >= 11 is 0. The van der Waals surface area contributed by atoms with Gasteiger partial charge in [-0.1, -0.05) is 49.1 Å². The van der Waals surface area contributed by atoms with E-state index in [1.165, 1.54) is 37.9 Å². The predicted molar refractivity (Wildman–Crippen MR) is 127 cm³/mol. The third-order valence-electron chi connectivity index (χ3n) is 6.94. The maximum Gasteiger partial charge on any atom is 0.235 e. The molecule has 1 amide bonds. The Kier molecular flexibility index (Phi) is 7.29. The lowest BCUT2D eigenvalue weighted by Gasteiger charge is -2.36. The van der Waals surface area contributed by atoms with E-state index in [9.17, 15) is 4.79 Å². The predicted octanol–water partition coefficient (Wildman–Crippen LogP) is 5.70. The van der Waals surface area contributed by atoms with E-state index < -0.39 is 5.41 Å². The average Bonchev–Trinajstić information content (AvgIpc) is 3.32. The van der Waals surface area contributed by atoms with Crippen molar-refractivity contribution in [2.75, 3.05) is 31.6 Å². The van der Waals surface area contributed by atoms with Gasteiger partial charge >= 0.3 is 0 Å². The number of hydrogen-bond donors (Lipinski definition) is 1. The first-order valence-electron chi connectivity index (χ1n) is 12.0. The number of hydrogen-bond acceptors (Lipinski definition) is 3. The van der Waals surface area contributed by atoms with E-state index in [1.807, 2.05) is 24.3 Å². The third-order valence-corrected chi connectivity index (χ3v) is 6.94. The van der Waals surface area contributed by atoms with Crippen molar-refractivity contribution in [3.8, 4) is 5.75 Å². The molecule has 31 heavy (non-hydrogen) atoms. The zero-order chi connectivity index (χ0) is 21.5. The lowest BCUT2D eigenvalue weighted by Crippen LogP contribution is -2.42. The van der Waals surface area contributed by atoms with Gasteiger partial charge in [0.2, 0.25) is 5.91 Å². The summed E-state index contributed by atoms with van der Waals surface area (Å²) in [6.07, 6.45) is 8.97. The summed E-state index contributed by atoms with van der Waals surface area (Å²) in [4.78, 5) is 16.0. The zero-order valence-electron chi connectivity index (χ0n) is 18.9. The molecule has 2 aromatic carbocycles. The number of ether oxygens (including phenoxy) is 1. The molecular weight excluding hydrogens is 384 g/mol. The Morgan fingerprint density at radius 1 is 0.935 bits per heavy atom. The molecule has 4 rings (SSSR count). The fraction of sp³-hybridized carbons (Fsp3) is 0.519. The van der Waals surface area contributed by atoms with Crippen LogP contribution in [-0.4, -0.2) is 37.0 Å². The van der Waals surface area contributed by atoms with Crippen LogP contribution in [0.3, 0.4) is 0 Å². The fourth-order valence-electron chi connectivity index (χ4n) is 5.04. The molecule has 0 bridgehead atoms. The van der Waals surface area contributed by atoms with E-state index in [4.69, 9.17) is 4.74 Å². The molecular formula is C27H36N2O2. The Hall–Kier alpha value is -2.33. The summed E-state index contributed by atoms with van der Waals surface area (Å²) in [6.45, 7) is 6.42. The maximum atomic E-state index is 13.4. The number of aryl methyl sites for hydroxylation is 1. The SMILES string of the molecule is Cc1ccc(C2(C(=O)Nc3ccc(OCCCN4CCCC4)cc3)CCCCC2)cc1. The first-order valence-corrected chi connectivity index (χ1v) is 12.0. The highest BCUT2D eigenvalue weighted by atomic mass is 16.5. The summed E-state index contributed by atoms with van der Waals surface area (Å²) in [6, 6.07) is 16.4. The lowest BCUT2D eigenvalue weighted by molar-refractivity contribution is -0.122. The van der Waals surface area contributed by atoms with Crippen molar-refractivity contribution in [2.24, 2.45) is 0 Å². The van der Waals surface area contributed by atoms with Gasteiger partial charge < -0.3 is 15.0 Å². The van der Waals surface area contributed by atoms with Crippen LogP contribution in [0.4, 0.5) is 5.69 Å². The van der Waals surface area contributed by atoms with E-state index >= 15 is 0 Å². The molecule has 1 aliphatic heterocycles. The molecule has 2 aliphatic rings. The second-order valence-electron chi connectivity index (χ2n) is 9.24. The van der Waals surface area contributed by atoms with Crippen molar-refractivity contribution in [2.45, 2.75) is 63.7 Å². The number of nitrogens with zero attached hydrogens (tertiary/aromatic N) is 1. The van der Waals surface area contributed by atoms with Crippen molar-refractivity contribution < 1.29 is 9.53 Å². The Balaban J connectivity index is 1.34. The first kappa shape index (κ1) is 21.9. The Morgan fingerprint density at radius 2 is 1.61 bits per heavy atom. The molecule has 4 nitrogen and oxygen atoms in total. The first-order chi connectivity index (χ1) is 15.2. The van der Waals surface area contributed by atoms with Gasteiger partial charge in [-0.15, -0.1) is 0 Å². The van der Waals surface area contributed by atoms with Gasteiger partial charge in [0, 0.05) is 12.2 Å². The standard InChI is InChI=1S/C27H36N2O2/c1-22-8-10-23(11-9-22)27(16-3-2-4-17-27)26(30)28-24-12-14-25(15-13-24)31-21-7-20-29-18-5-6-19-29/h8-15H,2-7,16-21H2,1H3,(H,28,30). The monoisotopic (exact) mass is 420 g/mol. The summed E-state index contributed by atoms with van der Waals surface area (Å²) < 4.78 is 5.90.